The van der Waals surface area contributed by atoms with Crippen LogP contribution in [0.5, 0.6) is 0 Å². The smallest absolute Gasteiger partial charge is 0.276 e. The second-order valence-corrected chi connectivity index (χ2v) is 4.98. The largest absolute Gasteiger partial charge is 0.451 e. The van der Waals surface area contributed by atoms with Gasteiger partial charge in [0.2, 0.25) is 0 Å². The second-order valence-electron chi connectivity index (χ2n) is 4.13. The first-order valence-electron chi connectivity index (χ1n) is 5.61. The van der Waals surface area contributed by atoms with Crippen molar-refractivity contribution in [2.24, 2.45) is 0 Å². The third kappa shape index (κ3) is 2.91. The van der Waals surface area contributed by atoms with Gasteiger partial charge in [-0.1, -0.05) is 29.3 Å². The summed E-state index contributed by atoms with van der Waals surface area (Å²) in [7, 11) is 1.69. The Bertz CT molecular complexity index is 584. The van der Waals surface area contributed by atoms with Gasteiger partial charge in [-0.05, 0) is 24.6 Å². The second kappa shape index (κ2) is 5.63. The molecule has 0 radical (unpaired) electrons. The minimum absolute atomic E-state index is 0.200. The maximum absolute atomic E-state index is 12.1. The molecule has 1 aromatic carbocycles. The molecule has 0 aliphatic rings. The average molecular weight is 299 g/mol. The van der Waals surface area contributed by atoms with E-state index in [2.05, 4.69) is 4.98 Å². The van der Waals surface area contributed by atoms with Crippen LogP contribution in [0.1, 0.15) is 29.0 Å². The van der Waals surface area contributed by atoms with Crippen molar-refractivity contribution in [1.29, 1.82) is 0 Å². The highest BCUT2D eigenvalue weighted by molar-refractivity contribution is 6.35. The zero-order valence-electron chi connectivity index (χ0n) is 10.4. The lowest BCUT2D eigenvalue weighted by Gasteiger charge is -2.25. The Morgan fingerprint density at radius 2 is 2.16 bits per heavy atom. The van der Waals surface area contributed by atoms with Gasteiger partial charge in [0, 0.05) is 17.1 Å². The van der Waals surface area contributed by atoms with Gasteiger partial charge in [-0.2, -0.15) is 0 Å². The van der Waals surface area contributed by atoms with E-state index in [1.54, 1.807) is 24.1 Å². The lowest BCUT2D eigenvalue weighted by atomic mass is 10.1. The van der Waals surface area contributed by atoms with Crippen LogP contribution >= 0.6 is 23.2 Å². The summed E-state index contributed by atoms with van der Waals surface area (Å²) >= 11 is 12.0. The van der Waals surface area contributed by atoms with Gasteiger partial charge in [-0.25, -0.2) is 4.98 Å². The van der Waals surface area contributed by atoms with E-state index >= 15 is 0 Å². The predicted molar refractivity (Wildman–Crippen MR) is 73.5 cm³/mol. The van der Waals surface area contributed by atoms with Gasteiger partial charge in [0.25, 0.3) is 5.91 Å². The van der Waals surface area contributed by atoms with Crippen LogP contribution in [0.4, 0.5) is 0 Å². The average Bonchev–Trinajstić information content (AvgIpc) is 2.90. The summed E-state index contributed by atoms with van der Waals surface area (Å²) in [4.78, 5) is 17.5. The standard InChI is InChI=1S/C13H12Cl2N2O2/c1-8(10-4-3-9(14)5-11(10)15)17(2)13(18)12-6-19-7-16-12/h3-8H,1-2H3. The maximum Gasteiger partial charge on any atom is 0.276 e. The molecule has 0 saturated heterocycles. The van der Waals surface area contributed by atoms with Crippen LogP contribution in [0.3, 0.4) is 0 Å². The highest BCUT2D eigenvalue weighted by Gasteiger charge is 2.22. The number of oxazole rings is 1. The molecular formula is C13H12Cl2N2O2. The SMILES string of the molecule is CC(c1ccc(Cl)cc1Cl)N(C)C(=O)c1cocn1. The fourth-order valence-corrected chi connectivity index (χ4v) is 2.29. The first-order valence-corrected chi connectivity index (χ1v) is 6.36. The van der Waals surface area contributed by atoms with Crippen molar-refractivity contribution < 1.29 is 9.21 Å². The van der Waals surface area contributed by atoms with E-state index in [9.17, 15) is 4.79 Å². The molecule has 0 fully saturated rings. The maximum atomic E-state index is 12.1. The van der Waals surface area contributed by atoms with E-state index in [4.69, 9.17) is 27.6 Å². The predicted octanol–water partition coefficient (Wildman–Crippen LogP) is 3.81. The molecule has 0 spiro atoms. The molecule has 1 amide bonds. The van der Waals surface area contributed by atoms with Crippen LogP contribution < -0.4 is 0 Å². The van der Waals surface area contributed by atoms with E-state index in [0.29, 0.717) is 10.0 Å². The highest BCUT2D eigenvalue weighted by Crippen LogP contribution is 2.29. The summed E-state index contributed by atoms with van der Waals surface area (Å²) in [6, 6.07) is 5.01. The Morgan fingerprint density at radius 3 is 2.74 bits per heavy atom. The van der Waals surface area contributed by atoms with Crippen molar-refractivity contribution in [2.45, 2.75) is 13.0 Å². The Balaban J connectivity index is 2.23. The van der Waals surface area contributed by atoms with Crippen LogP contribution in [0.15, 0.2) is 35.3 Å². The molecule has 0 bridgehead atoms. The van der Waals surface area contributed by atoms with E-state index in [-0.39, 0.29) is 17.6 Å². The molecule has 100 valence electrons. The summed E-state index contributed by atoms with van der Waals surface area (Å²) in [5.74, 6) is -0.229. The Kier molecular flexibility index (Phi) is 4.12. The number of carbonyl (C=O) groups is 1. The van der Waals surface area contributed by atoms with Crippen molar-refractivity contribution in [3.8, 4) is 0 Å². The first kappa shape index (κ1) is 13.9. The molecule has 0 aliphatic carbocycles. The van der Waals surface area contributed by atoms with Crippen molar-refractivity contribution in [3.05, 3.63) is 52.2 Å². The van der Waals surface area contributed by atoms with Gasteiger partial charge in [-0.3, -0.25) is 4.79 Å². The van der Waals surface area contributed by atoms with Crippen molar-refractivity contribution in [3.63, 3.8) is 0 Å². The number of hydrogen-bond acceptors (Lipinski definition) is 3. The molecule has 2 aromatic rings. The van der Waals surface area contributed by atoms with Crippen LogP contribution in [0.2, 0.25) is 10.0 Å². The molecule has 4 nitrogen and oxygen atoms in total. The summed E-state index contributed by atoms with van der Waals surface area (Å²) < 4.78 is 4.81. The van der Waals surface area contributed by atoms with Gasteiger partial charge in [0.1, 0.15) is 6.26 Å². The van der Waals surface area contributed by atoms with E-state index in [1.165, 1.54) is 12.7 Å². The summed E-state index contributed by atoms with van der Waals surface area (Å²) in [5, 5.41) is 1.09. The van der Waals surface area contributed by atoms with Gasteiger partial charge in [0.05, 0.1) is 6.04 Å². The Labute approximate surface area is 120 Å². The molecule has 0 N–H and O–H groups in total. The number of benzene rings is 1. The zero-order valence-corrected chi connectivity index (χ0v) is 11.9. The zero-order chi connectivity index (χ0) is 14.0. The fraction of sp³-hybridized carbons (Fsp3) is 0.231. The number of carbonyl (C=O) groups excluding carboxylic acids is 1. The molecule has 2 rings (SSSR count). The van der Waals surface area contributed by atoms with Crippen molar-refractivity contribution in [2.75, 3.05) is 7.05 Å². The third-order valence-electron chi connectivity index (χ3n) is 2.97. The van der Waals surface area contributed by atoms with Gasteiger partial charge in [0.15, 0.2) is 12.1 Å². The number of halogens is 2. The van der Waals surface area contributed by atoms with Crippen LogP contribution in [0, 0.1) is 0 Å². The van der Waals surface area contributed by atoms with E-state index < -0.39 is 0 Å². The Hall–Kier alpha value is -1.52. The summed E-state index contributed by atoms with van der Waals surface area (Å²) in [6.07, 6.45) is 2.54. The normalized spacial score (nSPS) is 12.2. The van der Waals surface area contributed by atoms with Gasteiger partial charge < -0.3 is 9.32 Å². The van der Waals surface area contributed by atoms with Crippen molar-refractivity contribution >= 4 is 29.1 Å². The molecule has 6 heteroatoms. The number of amides is 1. The molecule has 1 unspecified atom stereocenters. The first-order chi connectivity index (χ1) is 9.00. The van der Waals surface area contributed by atoms with Gasteiger partial charge in [-0.15, -0.1) is 0 Å². The van der Waals surface area contributed by atoms with Gasteiger partial charge >= 0.3 is 0 Å². The number of hydrogen-bond donors (Lipinski definition) is 0. The van der Waals surface area contributed by atoms with Crippen LogP contribution in [-0.2, 0) is 0 Å². The minimum atomic E-state index is -0.229. The molecule has 19 heavy (non-hydrogen) atoms. The Morgan fingerprint density at radius 1 is 1.42 bits per heavy atom. The third-order valence-corrected chi connectivity index (χ3v) is 3.53. The molecule has 1 heterocycles. The summed E-state index contributed by atoms with van der Waals surface area (Å²) in [6.45, 7) is 1.88. The minimum Gasteiger partial charge on any atom is -0.451 e. The molecule has 1 atom stereocenters. The van der Waals surface area contributed by atoms with Crippen molar-refractivity contribution in [1.82, 2.24) is 9.88 Å². The monoisotopic (exact) mass is 298 g/mol. The number of rotatable bonds is 3. The van der Waals surface area contributed by atoms with Crippen LogP contribution in [-0.4, -0.2) is 22.8 Å². The number of aromatic nitrogens is 1. The van der Waals surface area contributed by atoms with E-state index in [0.717, 1.165) is 5.56 Å². The summed E-state index contributed by atoms with van der Waals surface area (Å²) in [5.41, 5.74) is 1.09. The highest BCUT2D eigenvalue weighted by atomic mass is 35.5. The fourth-order valence-electron chi connectivity index (χ4n) is 1.72. The van der Waals surface area contributed by atoms with Crippen LogP contribution in [0.25, 0.3) is 0 Å². The quantitative estimate of drug-likeness (QED) is 0.865. The molecule has 0 saturated carbocycles. The lowest BCUT2D eigenvalue weighted by molar-refractivity contribution is 0.0737. The molecule has 1 aromatic heterocycles. The lowest BCUT2D eigenvalue weighted by Crippen LogP contribution is -2.30. The molecule has 0 aliphatic heterocycles. The van der Waals surface area contributed by atoms with E-state index in [1.807, 2.05) is 13.0 Å². The number of nitrogens with zero attached hydrogens (tertiary/aromatic N) is 2. The topological polar surface area (TPSA) is 46.3 Å². The molecular weight excluding hydrogens is 287 g/mol.